The van der Waals surface area contributed by atoms with Crippen LogP contribution in [-0.4, -0.2) is 55.6 Å². The van der Waals surface area contributed by atoms with Crippen LogP contribution in [0.2, 0.25) is 0 Å². The average molecular weight is 375 g/mol. The van der Waals surface area contributed by atoms with Gasteiger partial charge in [-0.3, -0.25) is 9.69 Å². The van der Waals surface area contributed by atoms with Crippen molar-refractivity contribution in [2.24, 2.45) is 11.3 Å². The Bertz CT molecular complexity index is 706. The zero-order chi connectivity index (χ0) is 18.0. The standard InChI is InChI=1S/C20H26N2O3S/c1-24-14-16-12-22(19(23)18-5-2-10-25-18)15-20(16)6-8-21(9-7-20)13-17-4-3-11-26-17/h2-5,10-11,16H,6-9,12-15H2,1H3/t16-/m0/s1. The monoisotopic (exact) mass is 374 g/mol. The highest BCUT2D eigenvalue weighted by Crippen LogP contribution is 2.45. The molecule has 2 aromatic heterocycles. The number of nitrogens with zero attached hydrogens (tertiary/aromatic N) is 2. The van der Waals surface area contributed by atoms with Crippen LogP contribution in [0.1, 0.15) is 28.3 Å². The van der Waals surface area contributed by atoms with E-state index < -0.39 is 0 Å². The molecule has 0 bridgehead atoms. The number of amides is 1. The van der Waals surface area contributed by atoms with Crippen LogP contribution in [0.3, 0.4) is 0 Å². The third kappa shape index (κ3) is 3.46. The number of carbonyl (C=O) groups is 1. The van der Waals surface area contributed by atoms with E-state index in [-0.39, 0.29) is 11.3 Å². The molecule has 0 aliphatic carbocycles. The first-order valence-electron chi connectivity index (χ1n) is 9.27. The van der Waals surface area contributed by atoms with Gasteiger partial charge in [-0.1, -0.05) is 6.07 Å². The number of furan rings is 1. The maximum absolute atomic E-state index is 12.7. The summed E-state index contributed by atoms with van der Waals surface area (Å²) in [6.07, 6.45) is 3.80. The number of methoxy groups -OCH3 is 1. The molecule has 2 aromatic rings. The molecule has 1 atom stereocenters. The molecule has 4 heterocycles. The van der Waals surface area contributed by atoms with Crippen molar-refractivity contribution >= 4 is 17.2 Å². The third-order valence-electron chi connectivity index (χ3n) is 6.01. The van der Waals surface area contributed by atoms with Crippen molar-refractivity contribution in [2.45, 2.75) is 19.4 Å². The molecule has 1 amide bonds. The highest BCUT2D eigenvalue weighted by molar-refractivity contribution is 7.09. The fourth-order valence-electron chi connectivity index (χ4n) is 4.52. The Kier molecular flexibility index (Phi) is 5.16. The Hall–Kier alpha value is -1.63. The molecular weight excluding hydrogens is 348 g/mol. The number of hydrogen-bond donors (Lipinski definition) is 0. The van der Waals surface area contributed by atoms with E-state index in [4.69, 9.17) is 9.15 Å². The first-order valence-corrected chi connectivity index (χ1v) is 10.1. The lowest BCUT2D eigenvalue weighted by Crippen LogP contribution is -2.45. The van der Waals surface area contributed by atoms with Crippen LogP contribution in [0, 0.1) is 11.3 Å². The Labute approximate surface area is 158 Å². The van der Waals surface area contributed by atoms with Crippen molar-refractivity contribution < 1.29 is 13.9 Å². The molecule has 0 aromatic carbocycles. The molecule has 2 fully saturated rings. The lowest BCUT2D eigenvalue weighted by Gasteiger charge is -2.42. The molecular formula is C20H26N2O3S. The molecule has 6 heteroatoms. The highest BCUT2D eigenvalue weighted by Gasteiger charge is 2.49. The lowest BCUT2D eigenvalue weighted by atomic mass is 9.71. The normalized spacial score (nSPS) is 23.0. The number of ether oxygens (including phenoxy) is 1. The van der Waals surface area contributed by atoms with Crippen LogP contribution >= 0.6 is 11.3 Å². The highest BCUT2D eigenvalue weighted by atomic mass is 32.1. The molecule has 0 radical (unpaired) electrons. The zero-order valence-electron chi connectivity index (χ0n) is 15.2. The Morgan fingerprint density at radius 1 is 1.35 bits per heavy atom. The average Bonchev–Trinajstić information content (AvgIpc) is 3.40. The predicted molar refractivity (Wildman–Crippen MR) is 101 cm³/mol. The SMILES string of the molecule is COC[C@@H]1CN(C(=O)c2ccco2)CC12CCN(Cc1cccs1)CC2. The van der Waals surface area contributed by atoms with E-state index in [2.05, 4.69) is 22.4 Å². The van der Waals surface area contributed by atoms with E-state index in [0.29, 0.717) is 18.3 Å². The molecule has 1 spiro atoms. The van der Waals surface area contributed by atoms with Gasteiger partial charge in [0.25, 0.3) is 5.91 Å². The van der Waals surface area contributed by atoms with Crippen LogP contribution in [0.15, 0.2) is 40.3 Å². The lowest BCUT2D eigenvalue weighted by molar-refractivity contribution is 0.0350. The first-order chi connectivity index (χ1) is 12.7. The van der Waals surface area contributed by atoms with Gasteiger partial charge >= 0.3 is 0 Å². The van der Waals surface area contributed by atoms with Crippen LogP contribution in [0.4, 0.5) is 0 Å². The largest absolute Gasteiger partial charge is 0.459 e. The first kappa shape index (κ1) is 17.8. The summed E-state index contributed by atoms with van der Waals surface area (Å²) in [6, 6.07) is 7.86. The third-order valence-corrected chi connectivity index (χ3v) is 6.87. The minimum absolute atomic E-state index is 0.00833. The van der Waals surface area contributed by atoms with Crippen molar-refractivity contribution in [1.29, 1.82) is 0 Å². The van der Waals surface area contributed by atoms with Gasteiger partial charge in [0.15, 0.2) is 5.76 Å². The zero-order valence-corrected chi connectivity index (χ0v) is 16.0. The van der Waals surface area contributed by atoms with Gasteiger partial charge in [0.2, 0.25) is 0 Å². The molecule has 26 heavy (non-hydrogen) atoms. The van der Waals surface area contributed by atoms with Gasteiger partial charge in [0, 0.05) is 37.5 Å². The second-order valence-electron chi connectivity index (χ2n) is 7.53. The van der Waals surface area contributed by atoms with Crippen LogP contribution in [-0.2, 0) is 11.3 Å². The van der Waals surface area contributed by atoms with Crippen molar-refractivity contribution in [3.63, 3.8) is 0 Å². The molecule has 140 valence electrons. The van der Waals surface area contributed by atoms with Crippen LogP contribution in [0.5, 0.6) is 0 Å². The van der Waals surface area contributed by atoms with Gasteiger partial charge in [-0.15, -0.1) is 11.3 Å². The van der Waals surface area contributed by atoms with Crippen molar-refractivity contribution in [3.05, 3.63) is 46.5 Å². The molecule has 4 rings (SSSR count). The summed E-state index contributed by atoms with van der Waals surface area (Å²) in [5.41, 5.74) is 0.171. The van der Waals surface area contributed by atoms with Gasteiger partial charge in [-0.05, 0) is 54.9 Å². The number of rotatable bonds is 5. The van der Waals surface area contributed by atoms with E-state index in [0.717, 1.165) is 45.6 Å². The summed E-state index contributed by atoms with van der Waals surface area (Å²) in [6.45, 7) is 5.50. The topological polar surface area (TPSA) is 45.9 Å². The molecule has 0 saturated carbocycles. The van der Waals surface area contributed by atoms with E-state index in [1.54, 1.807) is 25.5 Å². The number of likely N-dealkylation sites (tertiary alicyclic amines) is 2. The quantitative estimate of drug-likeness (QED) is 0.805. The molecule has 0 unspecified atom stereocenters. The Morgan fingerprint density at radius 2 is 2.19 bits per heavy atom. The molecule has 2 saturated heterocycles. The smallest absolute Gasteiger partial charge is 0.289 e. The number of carbonyl (C=O) groups excluding carboxylic acids is 1. The molecule has 2 aliphatic heterocycles. The maximum Gasteiger partial charge on any atom is 0.289 e. The summed E-state index contributed by atoms with van der Waals surface area (Å²) < 4.78 is 10.8. The Morgan fingerprint density at radius 3 is 2.85 bits per heavy atom. The van der Waals surface area contributed by atoms with Crippen molar-refractivity contribution in [3.8, 4) is 0 Å². The second kappa shape index (κ2) is 7.55. The van der Waals surface area contributed by atoms with Gasteiger partial charge in [-0.2, -0.15) is 0 Å². The van der Waals surface area contributed by atoms with Crippen molar-refractivity contribution in [1.82, 2.24) is 9.80 Å². The molecule has 5 nitrogen and oxygen atoms in total. The van der Waals surface area contributed by atoms with Crippen LogP contribution in [0.25, 0.3) is 0 Å². The fourth-order valence-corrected chi connectivity index (χ4v) is 5.27. The van der Waals surface area contributed by atoms with Crippen LogP contribution < -0.4 is 0 Å². The van der Waals surface area contributed by atoms with E-state index >= 15 is 0 Å². The number of piperidine rings is 1. The second-order valence-corrected chi connectivity index (χ2v) is 8.57. The Balaban J connectivity index is 1.43. The van der Waals surface area contributed by atoms with Crippen molar-refractivity contribution in [2.75, 3.05) is 39.9 Å². The number of thiophene rings is 1. The summed E-state index contributed by atoms with van der Waals surface area (Å²) in [4.78, 5) is 18.7. The van der Waals surface area contributed by atoms with Gasteiger partial charge < -0.3 is 14.1 Å². The summed E-state index contributed by atoms with van der Waals surface area (Å²) >= 11 is 1.83. The minimum atomic E-state index is 0.00833. The fraction of sp³-hybridized carbons (Fsp3) is 0.550. The predicted octanol–water partition coefficient (Wildman–Crippen LogP) is 3.34. The minimum Gasteiger partial charge on any atom is -0.459 e. The van der Waals surface area contributed by atoms with Gasteiger partial charge in [-0.25, -0.2) is 0 Å². The number of hydrogen-bond acceptors (Lipinski definition) is 5. The van der Waals surface area contributed by atoms with Gasteiger partial charge in [0.1, 0.15) is 0 Å². The summed E-state index contributed by atoms with van der Waals surface area (Å²) in [7, 11) is 1.76. The summed E-state index contributed by atoms with van der Waals surface area (Å²) in [5, 5.41) is 2.14. The molecule has 0 N–H and O–H groups in total. The van der Waals surface area contributed by atoms with Gasteiger partial charge in [0.05, 0.1) is 12.9 Å². The van der Waals surface area contributed by atoms with E-state index in [9.17, 15) is 4.79 Å². The molecule has 2 aliphatic rings. The van der Waals surface area contributed by atoms with E-state index in [1.807, 2.05) is 16.2 Å². The van der Waals surface area contributed by atoms with E-state index in [1.165, 1.54) is 4.88 Å². The maximum atomic E-state index is 12.7. The summed E-state index contributed by atoms with van der Waals surface area (Å²) in [5.74, 6) is 0.845.